The van der Waals surface area contributed by atoms with Crippen LogP contribution in [0.3, 0.4) is 0 Å². The lowest BCUT2D eigenvalue weighted by Gasteiger charge is -2.32. The molecule has 2 aromatic rings. The molecular formula is C21H22BrN3O2. The van der Waals surface area contributed by atoms with Crippen LogP contribution in [0.2, 0.25) is 0 Å². The summed E-state index contributed by atoms with van der Waals surface area (Å²) in [7, 11) is 0. The second-order valence-corrected chi connectivity index (χ2v) is 7.41. The molecular weight excluding hydrogens is 406 g/mol. The Balaban J connectivity index is 1.55. The van der Waals surface area contributed by atoms with E-state index in [-0.39, 0.29) is 17.7 Å². The van der Waals surface area contributed by atoms with Crippen LogP contribution in [0, 0.1) is 5.92 Å². The van der Waals surface area contributed by atoms with Crippen LogP contribution in [-0.2, 0) is 9.59 Å². The molecule has 0 aliphatic carbocycles. The van der Waals surface area contributed by atoms with E-state index in [4.69, 9.17) is 5.73 Å². The summed E-state index contributed by atoms with van der Waals surface area (Å²) in [6.45, 7) is 1.63. The first-order valence-corrected chi connectivity index (χ1v) is 9.70. The van der Waals surface area contributed by atoms with Crippen LogP contribution in [0.1, 0.15) is 18.4 Å². The molecule has 5 nitrogen and oxygen atoms in total. The molecule has 1 heterocycles. The highest BCUT2D eigenvalue weighted by atomic mass is 79.9. The topological polar surface area (TPSA) is 75.4 Å². The number of hydrogen-bond donors (Lipinski definition) is 2. The van der Waals surface area contributed by atoms with Crippen LogP contribution in [0.15, 0.2) is 59.1 Å². The molecule has 1 fully saturated rings. The summed E-state index contributed by atoms with van der Waals surface area (Å²) in [6, 6.07) is 15.5. The maximum absolute atomic E-state index is 12.1. The van der Waals surface area contributed by atoms with Crippen LogP contribution >= 0.6 is 15.9 Å². The Hall–Kier alpha value is -2.60. The van der Waals surface area contributed by atoms with E-state index in [0.717, 1.165) is 47.3 Å². The molecule has 3 N–H and O–H groups in total. The standard InChI is InChI=1S/C21H22BrN3O2/c22-19-4-2-1-3-15(19)5-10-20(26)24-17-6-8-18(9-7-17)25-13-11-16(12-14-25)21(23)27/h1-10,16H,11-14H2,(H2,23,27)(H,24,26)/b10-5+. The number of hydrogen-bond acceptors (Lipinski definition) is 3. The summed E-state index contributed by atoms with van der Waals surface area (Å²) < 4.78 is 0.943. The summed E-state index contributed by atoms with van der Waals surface area (Å²) in [5, 5.41) is 2.86. The molecule has 1 aliphatic rings. The summed E-state index contributed by atoms with van der Waals surface area (Å²) in [4.78, 5) is 25.6. The third-order valence-electron chi connectivity index (χ3n) is 4.72. The molecule has 6 heteroatoms. The largest absolute Gasteiger partial charge is 0.371 e. The van der Waals surface area contributed by atoms with Gasteiger partial charge in [-0.15, -0.1) is 0 Å². The molecule has 0 atom stereocenters. The zero-order valence-corrected chi connectivity index (χ0v) is 16.5. The summed E-state index contributed by atoms with van der Waals surface area (Å²) in [6.07, 6.45) is 4.86. The second kappa shape index (κ2) is 8.86. The molecule has 0 spiro atoms. The number of nitrogens with zero attached hydrogens (tertiary/aromatic N) is 1. The van der Waals surface area contributed by atoms with Crippen molar-refractivity contribution in [3.63, 3.8) is 0 Å². The van der Waals surface area contributed by atoms with Gasteiger partial charge in [-0.1, -0.05) is 34.1 Å². The van der Waals surface area contributed by atoms with Crippen LogP contribution in [-0.4, -0.2) is 24.9 Å². The summed E-state index contributed by atoms with van der Waals surface area (Å²) in [5.41, 5.74) is 8.15. The Kier molecular flexibility index (Phi) is 6.29. The molecule has 1 aliphatic heterocycles. The number of nitrogens with one attached hydrogen (secondary N) is 1. The minimum absolute atomic E-state index is 0.0174. The zero-order chi connectivity index (χ0) is 19.2. The van der Waals surface area contributed by atoms with Crippen molar-refractivity contribution in [1.29, 1.82) is 0 Å². The van der Waals surface area contributed by atoms with Gasteiger partial charge in [0, 0.05) is 40.9 Å². The molecule has 0 aromatic heterocycles. The van der Waals surface area contributed by atoms with E-state index in [9.17, 15) is 9.59 Å². The minimum Gasteiger partial charge on any atom is -0.371 e. The third-order valence-corrected chi connectivity index (χ3v) is 5.44. The number of carbonyl (C=O) groups excluding carboxylic acids is 2. The van der Waals surface area contributed by atoms with Crippen LogP contribution in [0.5, 0.6) is 0 Å². The predicted molar refractivity (Wildman–Crippen MR) is 112 cm³/mol. The minimum atomic E-state index is -0.205. The average molecular weight is 428 g/mol. The van der Waals surface area contributed by atoms with Crippen molar-refractivity contribution in [3.8, 4) is 0 Å². The Morgan fingerprint density at radius 1 is 1.07 bits per heavy atom. The quantitative estimate of drug-likeness (QED) is 0.712. The van der Waals surface area contributed by atoms with Crippen molar-refractivity contribution in [2.45, 2.75) is 12.8 Å². The molecule has 27 heavy (non-hydrogen) atoms. The fourth-order valence-corrected chi connectivity index (χ4v) is 3.55. The molecule has 1 saturated heterocycles. The highest BCUT2D eigenvalue weighted by molar-refractivity contribution is 9.10. The molecule has 2 aromatic carbocycles. The lowest BCUT2D eigenvalue weighted by atomic mass is 9.96. The average Bonchev–Trinajstić information content (AvgIpc) is 2.68. The van der Waals surface area contributed by atoms with E-state index in [1.165, 1.54) is 6.08 Å². The van der Waals surface area contributed by atoms with Crippen molar-refractivity contribution >= 4 is 45.2 Å². The third kappa shape index (κ3) is 5.20. The van der Waals surface area contributed by atoms with Crippen LogP contribution < -0.4 is 16.0 Å². The van der Waals surface area contributed by atoms with Gasteiger partial charge < -0.3 is 16.0 Å². The van der Waals surface area contributed by atoms with Crippen molar-refractivity contribution in [3.05, 3.63) is 64.6 Å². The number of carbonyl (C=O) groups is 2. The van der Waals surface area contributed by atoms with E-state index in [0.29, 0.717) is 0 Å². The number of piperidine rings is 1. The molecule has 0 saturated carbocycles. The van der Waals surface area contributed by atoms with Crippen molar-refractivity contribution in [2.24, 2.45) is 11.7 Å². The summed E-state index contributed by atoms with van der Waals surface area (Å²) in [5.74, 6) is -0.402. The highest BCUT2D eigenvalue weighted by Gasteiger charge is 2.23. The number of primary amides is 1. The Morgan fingerprint density at radius 3 is 2.37 bits per heavy atom. The fourth-order valence-electron chi connectivity index (χ4n) is 3.14. The molecule has 3 rings (SSSR count). The molecule has 0 bridgehead atoms. The molecule has 2 amide bonds. The Morgan fingerprint density at radius 2 is 1.74 bits per heavy atom. The first-order valence-electron chi connectivity index (χ1n) is 8.91. The normalized spacial score (nSPS) is 15.1. The molecule has 140 valence electrons. The van der Waals surface area contributed by atoms with Gasteiger partial charge in [-0.25, -0.2) is 0 Å². The predicted octanol–water partition coefficient (Wildman–Crippen LogP) is 3.80. The van der Waals surface area contributed by atoms with Gasteiger partial charge >= 0.3 is 0 Å². The molecule has 0 radical (unpaired) electrons. The van der Waals surface area contributed by atoms with E-state index in [1.807, 2.05) is 48.5 Å². The van der Waals surface area contributed by atoms with E-state index in [2.05, 4.69) is 26.1 Å². The van der Waals surface area contributed by atoms with Crippen LogP contribution in [0.4, 0.5) is 11.4 Å². The lowest BCUT2D eigenvalue weighted by molar-refractivity contribution is -0.122. The van der Waals surface area contributed by atoms with Gasteiger partial charge in [0.15, 0.2) is 0 Å². The van der Waals surface area contributed by atoms with Gasteiger partial charge in [0.25, 0.3) is 0 Å². The number of nitrogens with two attached hydrogens (primary N) is 1. The zero-order valence-electron chi connectivity index (χ0n) is 14.9. The number of amides is 2. The first kappa shape index (κ1) is 19.2. The highest BCUT2D eigenvalue weighted by Crippen LogP contribution is 2.24. The molecule has 0 unspecified atom stereocenters. The SMILES string of the molecule is NC(=O)C1CCN(c2ccc(NC(=O)/C=C/c3ccccc3Br)cc2)CC1. The maximum Gasteiger partial charge on any atom is 0.248 e. The van der Waals surface area contributed by atoms with Crippen molar-refractivity contribution < 1.29 is 9.59 Å². The van der Waals surface area contributed by atoms with Gasteiger partial charge in [-0.3, -0.25) is 9.59 Å². The van der Waals surface area contributed by atoms with E-state index >= 15 is 0 Å². The van der Waals surface area contributed by atoms with Gasteiger partial charge in [-0.2, -0.15) is 0 Å². The smallest absolute Gasteiger partial charge is 0.248 e. The van der Waals surface area contributed by atoms with Crippen molar-refractivity contribution in [2.75, 3.05) is 23.3 Å². The van der Waals surface area contributed by atoms with Crippen LogP contribution in [0.25, 0.3) is 6.08 Å². The first-order chi connectivity index (χ1) is 13.0. The number of anilines is 2. The number of rotatable bonds is 5. The number of halogens is 1. The van der Waals surface area contributed by atoms with E-state index < -0.39 is 0 Å². The monoisotopic (exact) mass is 427 g/mol. The Bertz CT molecular complexity index is 841. The van der Waals surface area contributed by atoms with E-state index in [1.54, 1.807) is 6.08 Å². The van der Waals surface area contributed by atoms with Gasteiger partial charge in [0.1, 0.15) is 0 Å². The lowest BCUT2D eigenvalue weighted by Crippen LogP contribution is -2.38. The van der Waals surface area contributed by atoms with Gasteiger partial charge in [-0.05, 0) is 54.8 Å². The fraction of sp³-hybridized carbons (Fsp3) is 0.238. The summed E-state index contributed by atoms with van der Waals surface area (Å²) >= 11 is 3.46. The second-order valence-electron chi connectivity index (χ2n) is 6.55. The Labute approximate surface area is 167 Å². The maximum atomic E-state index is 12.1. The number of benzene rings is 2. The van der Waals surface area contributed by atoms with Crippen molar-refractivity contribution in [1.82, 2.24) is 0 Å². The van der Waals surface area contributed by atoms with Gasteiger partial charge in [0.05, 0.1) is 0 Å². The van der Waals surface area contributed by atoms with Gasteiger partial charge in [0.2, 0.25) is 11.8 Å².